The van der Waals surface area contributed by atoms with Gasteiger partial charge in [0, 0.05) is 19.3 Å². The first-order valence-corrected chi connectivity index (χ1v) is 29.5. The van der Waals surface area contributed by atoms with Gasteiger partial charge in [-0.3, -0.25) is 14.4 Å². The predicted octanol–water partition coefficient (Wildman–Crippen LogP) is 19.7. The second-order valence-electron chi connectivity index (χ2n) is 19.9. The molecule has 1 atom stereocenters. The van der Waals surface area contributed by atoms with Crippen LogP contribution in [-0.4, -0.2) is 37.2 Å². The third-order valence-corrected chi connectivity index (χ3v) is 13.1. The summed E-state index contributed by atoms with van der Waals surface area (Å²) in [6.45, 7) is 6.62. The highest BCUT2D eigenvalue weighted by Gasteiger charge is 2.19. The van der Waals surface area contributed by atoms with Crippen molar-refractivity contribution >= 4 is 17.9 Å². The quantitative estimate of drug-likeness (QED) is 0.0262. The molecule has 0 aliphatic rings. The molecule has 0 rings (SSSR count). The number of allylic oxidation sites excluding steroid dienone is 6. The van der Waals surface area contributed by atoms with Crippen LogP contribution < -0.4 is 0 Å². The minimum absolute atomic E-state index is 0.0878. The van der Waals surface area contributed by atoms with Gasteiger partial charge in [0.1, 0.15) is 13.2 Å². The average Bonchev–Trinajstić information content (AvgIpc) is 3.33. The summed E-state index contributed by atoms with van der Waals surface area (Å²) >= 11 is 0. The van der Waals surface area contributed by atoms with Crippen LogP contribution in [0.1, 0.15) is 316 Å². The lowest BCUT2D eigenvalue weighted by molar-refractivity contribution is -0.166. The first-order valence-electron chi connectivity index (χ1n) is 29.5. The second kappa shape index (κ2) is 56.2. The number of carbonyl (C=O) groups excluding carboxylic acids is 3. The van der Waals surface area contributed by atoms with E-state index in [2.05, 4.69) is 51.2 Å². The molecule has 0 aliphatic carbocycles. The lowest BCUT2D eigenvalue weighted by Crippen LogP contribution is -2.30. The van der Waals surface area contributed by atoms with Crippen molar-refractivity contribution in [3.8, 4) is 0 Å². The molecule has 0 heterocycles. The van der Waals surface area contributed by atoms with Crippen LogP contribution in [0.15, 0.2) is 36.5 Å². The maximum Gasteiger partial charge on any atom is 0.306 e. The number of hydrogen-bond acceptors (Lipinski definition) is 6. The molecule has 0 aliphatic heterocycles. The Labute approximate surface area is 416 Å². The van der Waals surface area contributed by atoms with Gasteiger partial charge in [0.05, 0.1) is 0 Å². The number of carbonyl (C=O) groups is 3. The van der Waals surface area contributed by atoms with E-state index in [4.69, 9.17) is 14.2 Å². The van der Waals surface area contributed by atoms with Gasteiger partial charge in [0.25, 0.3) is 0 Å². The normalized spacial score (nSPS) is 12.2. The number of esters is 3. The second-order valence-corrected chi connectivity index (χ2v) is 19.9. The summed E-state index contributed by atoms with van der Waals surface area (Å²) in [7, 11) is 0. The van der Waals surface area contributed by atoms with Crippen LogP contribution in [0.25, 0.3) is 0 Å². The van der Waals surface area contributed by atoms with E-state index in [-0.39, 0.29) is 37.5 Å². The maximum absolute atomic E-state index is 12.9. The van der Waals surface area contributed by atoms with Gasteiger partial charge in [0.15, 0.2) is 6.10 Å². The van der Waals surface area contributed by atoms with Crippen LogP contribution in [0.5, 0.6) is 0 Å². The standard InChI is InChI=1S/C61H112O6/c1-4-7-10-13-16-19-22-25-27-29-30-32-33-36-39-42-45-48-51-54-60(63)66-57-58(56-65-59(62)53-50-47-44-41-38-35-24-21-18-15-12-9-6-3)67-61(64)55-52-49-46-43-40-37-34-31-28-26-23-20-17-14-11-8-5-2/h29-30,35,38,44,47,58H,4-28,31-34,36-37,39-43,45-46,48-57H2,1-3H3/b30-29-,38-35-,47-44-. The molecule has 0 saturated carbocycles. The van der Waals surface area contributed by atoms with E-state index in [9.17, 15) is 14.4 Å². The van der Waals surface area contributed by atoms with Crippen LogP contribution in [0, 0.1) is 0 Å². The van der Waals surface area contributed by atoms with Gasteiger partial charge >= 0.3 is 17.9 Å². The van der Waals surface area contributed by atoms with Crippen LogP contribution in [0.2, 0.25) is 0 Å². The maximum atomic E-state index is 12.9. The molecule has 0 aromatic carbocycles. The molecule has 0 radical (unpaired) electrons. The van der Waals surface area contributed by atoms with E-state index in [0.29, 0.717) is 19.3 Å². The van der Waals surface area contributed by atoms with Gasteiger partial charge in [-0.1, -0.05) is 269 Å². The molecule has 1 unspecified atom stereocenters. The molecule has 0 bridgehead atoms. The zero-order valence-corrected chi connectivity index (χ0v) is 44.9. The van der Waals surface area contributed by atoms with Gasteiger partial charge in [-0.15, -0.1) is 0 Å². The SMILES string of the molecule is CCCCCCCC/C=C\C/C=C\CCC(=O)OCC(COC(=O)CCCCCCCCC/C=C\CCCCCCCCCC)OC(=O)CCCCCCCCCCCCCCCCCCC. The van der Waals surface area contributed by atoms with Crippen molar-refractivity contribution < 1.29 is 28.6 Å². The van der Waals surface area contributed by atoms with Gasteiger partial charge in [-0.05, 0) is 64.2 Å². The van der Waals surface area contributed by atoms with E-state index in [1.165, 1.54) is 218 Å². The molecule has 0 aromatic heterocycles. The summed E-state index contributed by atoms with van der Waals surface area (Å²) in [5.41, 5.74) is 0. The largest absolute Gasteiger partial charge is 0.462 e. The van der Waals surface area contributed by atoms with Crippen LogP contribution in [-0.2, 0) is 28.6 Å². The molecular formula is C61H112O6. The molecule has 6 nitrogen and oxygen atoms in total. The summed E-state index contributed by atoms with van der Waals surface area (Å²) in [6, 6.07) is 0. The van der Waals surface area contributed by atoms with Gasteiger partial charge < -0.3 is 14.2 Å². The molecule has 67 heavy (non-hydrogen) atoms. The predicted molar refractivity (Wildman–Crippen MR) is 289 cm³/mol. The molecule has 0 fully saturated rings. The fraction of sp³-hybridized carbons (Fsp3) is 0.852. The summed E-state index contributed by atoms with van der Waals surface area (Å²) in [6.07, 6.45) is 67.2. The first-order chi connectivity index (χ1) is 33.0. The van der Waals surface area contributed by atoms with Crippen molar-refractivity contribution in [3.63, 3.8) is 0 Å². The molecule has 0 N–H and O–H groups in total. The van der Waals surface area contributed by atoms with Crippen molar-refractivity contribution in [1.82, 2.24) is 0 Å². The summed E-state index contributed by atoms with van der Waals surface area (Å²) in [5, 5.41) is 0. The molecule has 0 saturated heterocycles. The van der Waals surface area contributed by atoms with Gasteiger partial charge in [-0.25, -0.2) is 0 Å². The lowest BCUT2D eigenvalue weighted by Gasteiger charge is -2.18. The topological polar surface area (TPSA) is 78.9 Å². The van der Waals surface area contributed by atoms with E-state index in [1.807, 2.05) is 6.08 Å². The van der Waals surface area contributed by atoms with Crippen molar-refractivity contribution in [3.05, 3.63) is 36.5 Å². The Morgan fingerprint density at radius 1 is 0.299 bits per heavy atom. The summed E-state index contributed by atoms with van der Waals surface area (Å²) < 4.78 is 16.8. The highest BCUT2D eigenvalue weighted by atomic mass is 16.6. The monoisotopic (exact) mass is 941 g/mol. The Hall–Kier alpha value is -2.37. The Bertz CT molecular complexity index is 1130. The van der Waals surface area contributed by atoms with E-state index in [0.717, 1.165) is 51.4 Å². The molecule has 0 spiro atoms. The van der Waals surface area contributed by atoms with E-state index < -0.39 is 6.10 Å². The molecule has 392 valence electrons. The van der Waals surface area contributed by atoms with E-state index >= 15 is 0 Å². The van der Waals surface area contributed by atoms with E-state index in [1.54, 1.807) is 0 Å². The number of rotatable bonds is 54. The molecular weight excluding hydrogens is 829 g/mol. The van der Waals surface area contributed by atoms with Crippen molar-refractivity contribution in [1.29, 1.82) is 0 Å². The molecule has 0 amide bonds. The first kappa shape index (κ1) is 64.6. The molecule has 6 heteroatoms. The van der Waals surface area contributed by atoms with Crippen LogP contribution in [0.3, 0.4) is 0 Å². The highest BCUT2D eigenvalue weighted by molar-refractivity contribution is 5.71. The highest BCUT2D eigenvalue weighted by Crippen LogP contribution is 2.16. The molecule has 0 aromatic rings. The Balaban J connectivity index is 4.36. The minimum atomic E-state index is -0.793. The minimum Gasteiger partial charge on any atom is -0.462 e. The zero-order valence-electron chi connectivity index (χ0n) is 44.9. The number of ether oxygens (including phenoxy) is 3. The average molecular weight is 942 g/mol. The third-order valence-electron chi connectivity index (χ3n) is 13.1. The van der Waals surface area contributed by atoms with Gasteiger partial charge in [0.2, 0.25) is 0 Å². The summed E-state index contributed by atoms with van der Waals surface area (Å²) in [5.74, 6) is -0.944. The van der Waals surface area contributed by atoms with Crippen molar-refractivity contribution in [2.24, 2.45) is 0 Å². The Morgan fingerprint density at radius 3 is 0.925 bits per heavy atom. The van der Waals surface area contributed by atoms with Crippen molar-refractivity contribution in [2.45, 2.75) is 322 Å². The summed E-state index contributed by atoms with van der Waals surface area (Å²) in [4.78, 5) is 38.1. The van der Waals surface area contributed by atoms with Gasteiger partial charge in [-0.2, -0.15) is 0 Å². The van der Waals surface area contributed by atoms with Crippen LogP contribution in [0.4, 0.5) is 0 Å². The lowest BCUT2D eigenvalue weighted by atomic mass is 10.0. The number of unbranched alkanes of at least 4 members (excludes halogenated alkanes) is 37. The Kier molecular flexibility index (Phi) is 54.2. The third kappa shape index (κ3) is 54.4. The fourth-order valence-corrected chi connectivity index (χ4v) is 8.67. The fourth-order valence-electron chi connectivity index (χ4n) is 8.67. The number of hydrogen-bond donors (Lipinski definition) is 0. The van der Waals surface area contributed by atoms with Crippen LogP contribution >= 0.6 is 0 Å². The zero-order chi connectivity index (χ0) is 48.6. The Morgan fingerprint density at radius 2 is 0.567 bits per heavy atom. The smallest absolute Gasteiger partial charge is 0.306 e. The van der Waals surface area contributed by atoms with Crippen molar-refractivity contribution in [2.75, 3.05) is 13.2 Å².